The third-order valence-corrected chi connectivity index (χ3v) is 2.50. The average Bonchev–Trinajstić information content (AvgIpc) is 2.66. The van der Waals surface area contributed by atoms with Gasteiger partial charge in [-0.2, -0.15) is 5.10 Å². The first-order valence-corrected chi connectivity index (χ1v) is 6.09. The lowest BCUT2D eigenvalue weighted by Gasteiger charge is -2.07. The number of halogens is 1. The molecule has 0 unspecified atom stereocenters. The van der Waals surface area contributed by atoms with Crippen molar-refractivity contribution in [2.24, 2.45) is 0 Å². The van der Waals surface area contributed by atoms with Crippen LogP contribution in [0.3, 0.4) is 0 Å². The van der Waals surface area contributed by atoms with E-state index in [4.69, 9.17) is 0 Å². The van der Waals surface area contributed by atoms with Crippen LogP contribution in [0.4, 0.5) is 0 Å². The molecule has 0 saturated heterocycles. The molecule has 0 atom stereocenters. The number of unbranched alkanes of at least 4 members (excludes halogenated alkanes) is 2. The summed E-state index contributed by atoms with van der Waals surface area (Å²) >= 11 is 0. The third-order valence-electron chi connectivity index (χ3n) is 2.50. The Morgan fingerprint density at radius 2 is 2.06 bits per heavy atom. The topological polar surface area (TPSA) is 29.9 Å². The Hall–Kier alpha value is -0.540. The number of nitrogens with one attached hydrogen (secondary N) is 1. The summed E-state index contributed by atoms with van der Waals surface area (Å²) in [6.45, 7) is 7.50. The van der Waals surface area contributed by atoms with Crippen LogP contribution in [-0.4, -0.2) is 16.3 Å². The van der Waals surface area contributed by atoms with Gasteiger partial charge in [0.1, 0.15) is 0 Å². The summed E-state index contributed by atoms with van der Waals surface area (Å²) in [5, 5.41) is 7.76. The van der Waals surface area contributed by atoms with Crippen LogP contribution in [0, 0.1) is 0 Å². The van der Waals surface area contributed by atoms with Crippen LogP contribution in [0.5, 0.6) is 0 Å². The van der Waals surface area contributed by atoms with Crippen LogP contribution < -0.4 is 5.32 Å². The fraction of sp³-hybridized carbons (Fsp3) is 0.750. The van der Waals surface area contributed by atoms with Crippen LogP contribution >= 0.6 is 12.4 Å². The first kappa shape index (κ1) is 15.5. The molecule has 0 fully saturated rings. The van der Waals surface area contributed by atoms with Crippen molar-refractivity contribution < 1.29 is 0 Å². The Balaban J connectivity index is 0.00000225. The minimum atomic E-state index is 0. The number of rotatable bonds is 8. The molecule has 0 radical (unpaired) electrons. The van der Waals surface area contributed by atoms with Crippen molar-refractivity contribution in [3.63, 3.8) is 0 Å². The van der Waals surface area contributed by atoms with Crippen molar-refractivity contribution in [3.05, 3.63) is 18.0 Å². The molecular formula is C12H24ClN3. The Labute approximate surface area is 105 Å². The molecule has 3 nitrogen and oxygen atoms in total. The van der Waals surface area contributed by atoms with E-state index in [1.54, 1.807) is 0 Å². The zero-order chi connectivity index (χ0) is 10.9. The highest BCUT2D eigenvalue weighted by atomic mass is 35.5. The van der Waals surface area contributed by atoms with Gasteiger partial charge in [-0.15, -0.1) is 12.4 Å². The summed E-state index contributed by atoms with van der Waals surface area (Å²) in [7, 11) is 0. The molecule has 1 heterocycles. The van der Waals surface area contributed by atoms with Gasteiger partial charge >= 0.3 is 0 Å². The molecular weight excluding hydrogens is 222 g/mol. The number of nitrogens with zero attached hydrogens (tertiary/aromatic N) is 2. The second-order valence-corrected chi connectivity index (χ2v) is 3.93. The van der Waals surface area contributed by atoms with E-state index in [9.17, 15) is 0 Å². The van der Waals surface area contributed by atoms with Gasteiger partial charge in [-0.3, -0.25) is 4.68 Å². The van der Waals surface area contributed by atoms with Gasteiger partial charge in [-0.1, -0.05) is 26.7 Å². The highest BCUT2D eigenvalue weighted by Gasteiger charge is 1.99. The Morgan fingerprint density at radius 1 is 1.25 bits per heavy atom. The fourth-order valence-corrected chi connectivity index (χ4v) is 1.64. The van der Waals surface area contributed by atoms with Gasteiger partial charge in [0.15, 0.2) is 0 Å². The van der Waals surface area contributed by atoms with Gasteiger partial charge in [0.25, 0.3) is 0 Å². The lowest BCUT2D eigenvalue weighted by atomic mass is 10.2. The lowest BCUT2D eigenvalue weighted by molar-refractivity contribution is 0.541. The highest BCUT2D eigenvalue weighted by molar-refractivity contribution is 5.85. The molecule has 0 spiro atoms. The predicted molar refractivity (Wildman–Crippen MR) is 71.0 cm³/mol. The van der Waals surface area contributed by atoms with Gasteiger partial charge in [0.05, 0.1) is 5.69 Å². The quantitative estimate of drug-likeness (QED) is 0.714. The smallest absolute Gasteiger partial charge is 0.0522 e. The molecule has 1 aromatic rings. The van der Waals surface area contributed by atoms with Gasteiger partial charge in [-0.25, -0.2) is 0 Å². The van der Waals surface area contributed by atoms with E-state index in [0.29, 0.717) is 0 Å². The number of aromatic nitrogens is 2. The molecule has 1 rings (SSSR count). The van der Waals surface area contributed by atoms with Gasteiger partial charge in [0.2, 0.25) is 0 Å². The molecule has 16 heavy (non-hydrogen) atoms. The summed E-state index contributed by atoms with van der Waals surface area (Å²) in [6.07, 6.45) is 6.91. The monoisotopic (exact) mass is 245 g/mol. The second kappa shape index (κ2) is 9.67. The van der Waals surface area contributed by atoms with E-state index >= 15 is 0 Å². The first-order valence-electron chi connectivity index (χ1n) is 6.09. The minimum Gasteiger partial charge on any atom is -0.311 e. The molecule has 94 valence electrons. The molecule has 0 amide bonds. The largest absolute Gasteiger partial charge is 0.311 e. The maximum Gasteiger partial charge on any atom is 0.0522 e. The SMILES string of the molecule is CCCCCNCc1ccnn1CCC.Cl. The second-order valence-electron chi connectivity index (χ2n) is 3.93. The van der Waals surface area contributed by atoms with Crippen molar-refractivity contribution in [2.45, 2.75) is 52.6 Å². The van der Waals surface area contributed by atoms with Gasteiger partial charge in [-0.05, 0) is 25.5 Å². The molecule has 0 saturated carbocycles. The highest BCUT2D eigenvalue weighted by Crippen LogP contribution is 2.00. The molecule has 0 aromatic carbocycles. The van der Waals surface area contributed by atoms with E-state index in [1.165, 1.54) is 25.0 Å². The normalized spacial score (nSPS) is 10.1. The van der Waals surface area contributed by atoms with E-state index in [1.807, 2.05) is 6.20 Å². The number of aryl methyl sites for hydroxylation is 1. The van der Waals surface area contributed by atoms with E-state index < -0.39 is 0 Å². The maximum atomic E-state index is 4.30. The fourth-order valence-electron chi connectivity index (χ4n) is 1.64. The molecule has 0 aliphatic carbocycles. The van der Waals surface area contributed by atoms with Crippen molar-refractivity contribution in [1.29, 1.82) is 0 Å². The zero-order valence-electron chi connectivity index (χ0n) is 10.4. The summed E-state index contributed by atoms with van der Waals surface area (Å²) in [4.78, 5) is 0. The molecule has 0 bridgehead atoms. The number of hydrogen-bond donors (Lipinski definition) is 1. The molecule has 0 aliphatic heterocycles. The van der Waals surface area contributed by atoms with Crippen molar-refractivity contribution in [2.75, 3.05) is 6.54 Å². The van der Waals surface area contributed by atoms with Crippen molar-refractivity contribution >= 4 is 12.4 Å². The van der Waals surface area contributed by atoms with Gasteiger partial charge < -0.3 is 5.32 Å². The standard InChI is InChI=1S/C12H23N3.ClH/c1-3-5-6-8-13-11-12-7-9-14-15(12)10-4-2;/h7,9,13H,3-6,8,10-11H2,1-2H3;1H. The maximum absolute atomic E-state index is 4.30. The van der Waals surface area contributed by atoms with E-state index in [0.717, 1.165) is 26.1 Å². The Morgan fingerprint density at radius 3 is 2.75 bits per heavy atom. The summed E-state index contributed by atoms with van der Waals surface area (Å²) in [5.41, 5.74) is 1.30. The van der Waals surface area contributed by atoms with Crippen molar-refractivity contribution in [1.82, 2.24) is 15.1 Å². The molecule has 4 heteroatoms. The van der Waals surface area contributed by atoms with E-state index in [-0.39, 0.29) is 12.4 Å². The summed E-state index contributed by atoms with van der Waals surface area (Å²) < 4.78 is 2.09. The van der Waals surface area contributed by atoms with E-state index in [2.05, 4.69) is 35.0 Å². The summed E-state index contributed by atoms with van der Waals surface area (Å²) in [6, 6.07) is 2.10. The zero-order valence-corrected chi connectivity index (χ0v) is 11.2. The van der Waals surface area contributed by atoms with Crippen molar-refractivity contribution in [3.8, 4) is 0 Å². The number of hydrogen-bond acceptors (Lipinski definition) is 2. The molecule has 1 N–H and O–H groups in total. The molecule has 1 aromatic heterocycles. The Kier molecular flexibility index (Phi) is 9.34. The predicted octanol–water partition coefficient (Wildman–Crippen LogP) is 2.99. The first-order chi connectivity index (χ1) is 7.38. The van der Waals surface area contributed by atoms with Crippen LogP contribution in [-0.2, 0) is 13.1 Å². The van der Waals surface area contributed by atoms with Gasteiger partial charge in [0, 0.05) is 19.3 Å². The average molecular weight is 246 g/mol. The third kappa shape index (κ3) is 5.52. The van der Waals surface area contributed by atoms with Crippen LogP contribution in [0.15, 0.2) is 12.3 Å². The summed E-state index contributed by atoms with van der Waals surface area (Å²) in [5.74, 6) is 0. The van der Waals surface area contributed by atoms with Crippen LogP contribution in [0.2, 0.25) is 0 Å². The van der Waals surface area contributed by atoms with Crippen LogP contribution in [0.1, 0.15) is 45.2 Å². The Bertz CT molecular complexity index is 261. The molecule has 0 aliphatic rings. The van der Waals surface area contributed by atoms with Crippen LogP contribution in [0.25, 0.3) is 0 Å². The minimum absolute atomic E-state index is 0. The lowest BCUT2D eigenvalue weighted by Crippen LogP contribution is -2.17.